The van der Waals surface area contributed by atoms with Gasteiger partial charge in [-0.2, -0.15) is 10.2 Å². The minimum atomic E-state index is 0.233. The SMILES string of the molecule is Cc1cc(Oc2ccc(CNc3oc(-c4ccccc4C)nc3C#N)cc2)ccc1Cl. The number of oxazole rings is 1. The first-order chi connectivity index (χ1) is 15.0. The summed E-state index contributed by atoms with van der Waals surface area (Å²) in [5.41, 5.74) is 4.11. The van der Waals surface area contributed by atoms with Crippen LogP contribution >= 0.6 is 11.6 Å². The van der Waals surface area contributed by atoms with Gasteiger partial charge in [0.15, 0.2) is 0 Å². The van der Waals surface area contributed by atoms with Gasteiger partial charge in [-0.3, -0.25) is 0 Å². The van der Waals surface area contributed by atoms with Crippen molar-refractivity contribution in [1.29, 1.82) is 5.26 Å². The molecule has 0 aliphatic rings. The quantitative estimate of drug-likeness (QED) is 0.361. The Morgan fingerprint density at radius 3 is 2.45 bits per heavy atom. The van der Waals surface area contributed by atoms with Crippen molar-refractivity contribution in [1.82, 2.24) is 4.98 Å². The van der Waals surface area contributed by atoms with Gasteiger partial charge in [-0.1, -0.05) is 41.9 Å². The van der Waals surface area contributed by atoms with E-state index in [1.54, 1.807) is 0 Å². The largest absolute Gasteiger partial charge is 0.457 e. The first kappa shape index (κ1) is 20.5. The second-order valence-electron chi connectivity index (χ2n) is 7.13. The maximum absolute atomic E-state index is 9.42. The minimum Gasteiger partial charge on any atom is -0.457 e. The third-order valence-corrected chi connectivity index (χ3v) is 5.27. The number of hydrogen-bond acceptors (Lipinski definition) is 5. The number of rotatable bonds is 6. The molecule has 0 aliphatic carbocycles. The zero-order valence-corrected chi connectivity index (χ0v) is 17.9. The van der Waals surface area contributed by atoms with E-state index in [4.69, 9.17) is 20.8 Å². The van der Waals surface area contributed by atoms with Crippen LogP contribution in [-0.2, 0) is 6.54 Å². The monoisotopic (exact) mass is 429 g/mol. The molecule has 0 saturated carbocycles. The van der Waals surface area contributed by atoms with Crippen LogP contribution in [0.2, 0.25) is 5.02 Å². The van der Waals surface area contributed by atoms with Crippen molar-refractivity contribution in [2.75, 3.05) is 5.32 Å². The summed E-state index contributed by atoms with van der Waals surface area (Å²) in [7, 11) is 0. The van der Waals surface area contributed by atoms with E-state index in [0.29, 0.717) is 23.3 Å². The lowest BCUT2D eigenvalue weighted by molar-refractivity contribution is 0.482. The zero-order valence-electron chi connectivity index (χ0n) is 17.1. The highest BCUT2D eigenvalue weighted by Gasteiger charge is 2.15. The smallest absolute Gasteiger partial charge is 0.232 e. The van der Waals surface area contributed by atoms with Crippen molar-refractivity contribution in [2.45, 2.75) is 20.4 Å². The molecule has 0 radical (unpaired) electrons. The average molecular weight is 430 g/mol. The van der Waals surface area contributed by atoms with Gasteiger partial charge in [0, 0.05) is 17.1 Å². The van der Waals surface area contributed by atoms with E-state index in [1.165, 1.54) is 0 Å². The molecule has 0 fully saturated rings. The molecule has 154 valence electrons. The topological polar surface area (TPSA) is 71.1 Å². The molecule has 0 aliphatic heterocycles. The van der Waals surface area contributed by atoms with E-state index in [0.717, 1.165) is 33.8 Å². The fraction of sp³-hybridized carbons (Fsp3) is 0.120. The number of anilines is 1. The molecule has 3 aromatic carbocycles. The summed E-state index contributed by atoms with van der Waals surface area (Å²) in [5, 5.41) is 13.3. The normalized spacial score (nSPS) is 10.5. The van der Waals surface area contributed by atoms with Gasteiger partial charge in [-0.15, -0.1) is 0 Å². The van der Waals surface area contributed by atoms with Crippen LogP contribution in [0.5, 0.6) is 11.5 Å². The summed E-state index contributed by atoms with van der Waals surface area (Å²) in [6.07, 6.45) is 0. The number of nitriles is 1. The Labute approximate surface area is 185 Å². The molecule has 0 amide bonds. The summed E-state index contributed by atoms with van der Waals surface area (Å²) in [5.74, 6) is 2.25. The van der Waals surface area contributed by atoms with Gasteiger partial charge in [0.2, 0.25) is 17.5 Å². The van der Waals surface area contributed by atoms with Gasteiger partial charge in [0.05, 0.1) is 0 Å². The van der Waals surface area contributed by atoms with Crippen LogP contribution in [0.25, 0.3) is 11.5 Å². The number of nitrogens with zero attached hydrogens (tertiary/aromatic N) is 2. The first-order valence-corrected chi connectivity index (χ1v) is 10.1. The van der Waals surface area contributed by atoms with Gasteiger partial charge in [0.1, 0.15) is 17.6 Å². The van der Waals surface area contributed by atoms with Crippen LogP contribution in [0.1, 0.15) is 22.4 Å². The predicted molar refractivity (Wildman–Crippen MR) is 121 cm³/mol. The van der Waals surface area contributed by atoms with Gasteiger partial charge in [0.25, 0.3) is 0 Å². The molecule has 31 heavy (non-hydrogen) atoms. The van der Waals surface area contributed by atoms with Crippen molar-refractivity contribution in [2.24, 2.45) is 0 Å². The molecule has 0 atom stereocenters. The lowest BCUT2D eigenvalue weighted by Gasteiger charge is -2.09. The third kappa shape index (κ3) is 4.71. The Kier molecular flexibility index (Phi) is 5.92. The number of aryl methyl sites for hydroxylation is 2. The Hall–Kier alpha value is -3.75. The molecule has 0 spiro atoms. The summed E-state index contributed by atoms with van der Waals surface area (Å²) in [6.45, 7) is 4.40. The first-order valence-electron chi connectivity index (χ1n) is 9.77. The standard InChI is InChI=1S/C25H20ClN3O2/c1-16-5-3-4-6-21(16)24-29-23(14-27)25(31-24)28-15-18-7-9-19(10-8-18)30-20-11-12-22(26)17(2)13-20/h3-13,28H,15H2,1-2H3. The molecule has 4 rings (SSSR count). The number of hydrogen-bond donors (Lipinski definition) is 1. The van der Waals surface area contributed by atoms with E-state index in [2.05, 4.69) is 16.4 Å². The number of benzene rings is 3. The van der Waals surface area contributed by atoms with E-state index >= 15 is 0 Å². The van der Waals surface area contributed by atoms with E-state index in [9.17, 15) is 5.26 Å². The van der Waals surface area contributed by atoms with E-state index in [-0.39, 0.29) is 5.69 Å². The van der Waals surface area contributed by atoms with Crippen LogP contribution in [0.15, 0.2) is 71.1 Å². The second kappa shape index (κ2) is 8.95. The highest BCUT2D eigenvalue weighted by atomic mass is 35.5. The number of ether oxygens (including phenoxy) is 1. The summed E-state index contributed by atoms with van der Waals surface area (Å²) in [4.78, 5) is 4.33. The molecule has 6 heteroatoms. The molecule has 5 nitrogen and oxygen atoms in total. The van der Waals surface area contributed by atoms with Gasteiger partial charge in [-0.25, -0.2) is 0 Å². The molecule has 0 bridgehead atoms. The fourth-order valence-electron chi connectivity index (χ4n) is 3.12. The molecule has 1 N–H and O–H groups in total. The van der Waals surface area contributed by atoms with Crippen LogP contribution < -0.4 is 10.1 Å². The molecular formula is C25H20ClN3O2. The highest BCUT2D eigenvalue weighted by Crippen LogP contribution is 2.29. The van der Waals surface area contributed by atoms with Gasteiger partial charge < -0.3 is 14.5 Å². The Morgan fingerprint density at radius 2 is 1.74 bits per heavy atom. The fourth-order valence-corrected chi connectivity index (χ4v) is 3.24. The highest BCUT2D eigenvalue weighted by molar-refractivity contribution is 6.31. The van der Waals surface area contributed by atoms with Crippen LogP contribution in [0, 0.1) is 25.2 Å². The summed E-state index contributed by atoms with van der Waals surface area (Å²) >= 11 is 6.06. The van der Waals surface area contributed by atoms with E-state index in [1.807, 2.05) is 80.6 Å². The van der Waals surface area contributed by atoms with Crippen LogP contribution in [0.4, 0.5) is 5.88 Å². The zero-order chi connectivity index (χ0) is 21.8. The minimum absolute atomic E-state index is 0.233. The van der Waals surface area contributed by atoms with Crippen LogP contribution in [0.3, 0.4) is 0 Å². The summed E-state index contributed by atoms with van der Waals surface area (Å²) in [6, 6.07) is 23.1. The van der Waals surface area contributed by atoms with Crippen molar-refractivity contribution < 1.29 is 9.15 Å². The lowest BCUT2D eigenvalue weighted by Crippen LogP contribution is -1.99. The average Bonchev–Trinajstić information content (AvgIpc) is 3.19. The molecule has 4 aromatic rings. The predicted octanol–water partition coefficient (Wildman–Crippen LogP) is 6.89. The number of nitrogens with one attached hydrogen (secondary N) is 1. The van der Waals surface area contributed by atoms with Crippen molar-refractivity contribution in [3.8, 4) is 29.0 Å². The van der Waals surface area contributed by atoms with Crippen molar-refractivity contribution in [3.05, 3.63) is 94.1 Å². The van der Waals surface area contributed by atoms with E-state index < -0.39 is 0 Å². The Balaban J connectivity index is 1.44. The lowest BCUT2D eigenvalue weighted by atomic mass is 10.1. The van der Waals surface area contributed by atoms with Crippen LogP contribution in [-0.4, -0.2) is 4.98 Å². The maximum atomic E-state index is 9.42. The molecule has 0 saturated heterocycles. The maximum Gasteiger partial charge on any atom is 0.232 e. The molecule has 1 aromatic heterocycles. The number of aromatic nitrogens is 1. The number of halogens is 1. The Morgan fingerprint density at radius 1 is 1.00 bits per heavy atom. The Bertz CT molecular complexity index is 1260. The second-order valence-corrected chi connectivity index (χ2v) is 7.54. The molecule has 0 unspecified atom stereocenters. The van der Waals surface area contributed by atoms with Gasteiger partial charge in [-0.05, 0) is 66.9 Å². The summed E-state index contributed by atoms with van der Waals surface area (Å²) < 4.78 is 11.7. The third-order valence-electron chi connectivity index (χ3n) is 4.85. The molecular weight excluding hydrogens is 410 g/mol. The van der Waals surface area contributed by atoms with Crippen molar-refractivity contribution >= 4 is 17.5 Å². The van der Waals surface area contributed by atoms with Gasteiger partial charge >= 0.3 is 0 Å². The molecule has 1 heterocycles. The van der Waals surface area contributed by atoms with Crippen molar-refractivity contribution in [3.63, 3.8) is 0 Å².